The molecule has 0 aromatic carbocycles. The van der Waals surface area contributed by atoms with Crippen LogP contribution in [0.15, 0.2) is 18.3 Å². The fourth-order valence-corrected chi connectivity index (χ4v) is 3.71. The molecule has 5 nitrogen and oxygen atoms in total. The minimum Gasteiger partial charge on any atom is -0.363 e. The van der Waals surface area contributed by atoms with Gasteiger partial charge in [-0.1, -0.05) is 13.8 Å². The molecule has 3 heterocycles. The van der Waals surface area contributed by atoms with E-state index >= 15 is 0 Å². The van der Waals surface area contributed by atoms with Gasteiger partial charge in [0.05, 0.1) is 18.2 Å². The van der Waals surface area contributed by atoms with E-state index in [2.05, 4.69) is 41.6 Å². The van der Waals surface area contributed by atoms with E-state index in [9.17, 15) is 4.79 Å². The van der Waals surface area contributed by atoms with Crippen molar-refractivity contribution in [2.45, 2.75) is 59.5 Å². The number of nitrogens with one attached hydrogen (secondary N) is 1. The number of carbonyl (C=O) groups is 1. The minimum absolute atomic E-state index is 0.193. The molecule has 2 aromatic heterocycles. The van der Waals surface area contributed by atoms with Crippen molar-refractivity contribution in [1.29, 1.82) is 0 Å². The highest BCUT2D eigenvalue weighted by molar-refractivity contribution is 5.80. The number of rotatable bonds is 5. The Labute approximate surface area is 144 Å². The molecule has 1 N–H and O–H groups in total. The van der Waals surface area contributed by atoms with Crippen LogP contribution in [0, 0.1) is 19.8 Å². The molecule has 0 bridgehead atoms. The third-order valence-electron chi connectivity index (χ3n) is 4.95. The van der Waals surface area contributed by atoms with E-state index in [1.54, 1.807) is 0 Å². The van der Waals surface area contributed by atoms with Crippen LogP contribution in [-0.4, -0.2) is 32.1 Å². The molecule has 5 heteroatoms. The van der Waals surface area contributed by atoms with Gasteiger partial charge in [0.1, 0.15) is 0 Å². The molecule has 130 valence electrons. The predicted molar refractivity (Wildman–Crippen MR) is 94.7 cm³/mol. The maximum absolute atomic E-state index is 12.9. The van der Waals surface area contributed by atoms with E-state index in [4.69, 9.17) is 0 Å². The minimum atomic E-state index is 0.193. The molecule has 0 unspecified atom stereocenters. The Bertz CT molecular complexity index is 699. The number of aromatic amines is 1. The highest BCUT2D eigenvalue weighted by Crippen LogP contribution is 2.31. The summed E-state index contributed by atoms with van der Waals surface area (Å²) in [6, 6.07) is 4.27. The maximum atomic E-state index is 12.9. The maximum Gasteiger partial charge on any atom is 0.227 e. The van der Waals surface area contributed by atoms with Gasteiger partial charge in [0.25, 0.3) is 0 Å². The van der Waals surface area contributed by atoms with Crippen molar-refractivity contribution in [3.05, 3.63) is 41.0 Å². The summed E-state index contributed by atoms with van der Waals surface area (Å²) in [6.07, 6.45) is 4.49. The molecule has 1 aliphatic rings. The summed E-state index contributed by atoms with van der Waals surface area (Å²) >= 11 is 0. The summed E-state index contributed by atoms with van der Waals surface area (Å²) in [5.41, 5.74) is 4.35. The summed E-state index contributed by atoms with van der Waals surface area (Å²) in [7, 11) is 0. The van der Waals surface area contributed by atoms with Gasteiger partial charge >= 0.3 is 0 Å². The standard InChI is InChI=1S/C19H28N4O/c1-13(2)12-23-15(4)16(14(3)21-23)11-19(24)22-10-6-8-18(22)17-7-5-9-20-17/h5,7,9,13,18,20H,6,8,10-12H2,1-4H3/t18-/m0/s1. The fraction of sp³-hybridized carbons (Fsp3) is 0.579. The first-order valence-corrected chi connectivity index (χ1v) is 8.93. The zero-order chi connectivity index (χ0) is 17.3. The Kier molecular flexibility index (Phi) is 4.78. The van der Waals surface area contributed by atoms with Crippen LogP contribution in [-0.2, 0) is 17.8 Å². The van der Waals surface area contributed by atoms with Crippen LogP contribution in [0.3, 0.4) is 0 Å². The Morgan fingerprint density at radius 1 is 1.42 bits per heavy atom. The SMILES string of the molecule is Cc1nn(CC(C)C)c(C)c1CC(=O)N1CCC[C@H]1c1ccc[nH]1. The molecule has 1 atom stereocenters. The smallest absolute Gasteiger partial charge is 0.227 e. The molecule has 24 heavy (non-hydrogen) atoms. The molecule has 1 aliphatic heterocycles. The van der Waals surface area contributed by atoms with Crippen molar-refractivity contribution in [1.82, 2.24) is 19.7 Å². The number of nitrogens with zero attached hydrogens (tertiary/aromatic N) is 3. The largest absolute Gasteiger partial charge is 0.363 e. The van der Waals surface area contributed by atoms with Crippen LogP contribution >= 0.6 is 0 Å². The second-order valence-electron chi connectivity index (χ2n) is 7.27. The average molecular weight is 328 g/mol. The number of H-pyrrole nitrogens is 1. The molecule has 1 saturated heterocycles. The van der Waals surface area contributed by atoms with E-state index in [0.717, 1.165) is 48.6 Å². The number of aromatic nitrogens is 3. The van der Waals surface area contributed by atoms with Crippen molar-refractivity contribution in [2.75, 3.05) is 6.54 Å². The molecule has 1 amide bonds. The highest BCUT2D eigenvalue weighted by Gasteiger charge is 2.31. The second-order valence-corrected chi connectivity index (χ2v) is 7.27. The normalized spacial score (nSPS) is 17.9. The summed E-state index contributed by atoms with van der Waals surface area (Å²) in [5.74, 6) is 0.754. The number of aryl methyl sites for hydroxylation is 1. The predicted octanol–water partition coefficient (Wildman–Crippen LogP) is 3.39. The van der Waals surface area contributed by atoms with Crippen molar-refractivity contribution in [2.24, 2.45) is 5.92 Å². The van der Waals surface area contributed by atoms with E-state index in [-0.39, 0.29) is 11.9 Å². The molecule has 1 fully saturated rings. The number of carbonyl (C=O) groups excluding carboxylic acids is 1. The summed E-state index contributed by atoms with van der Waals surface area (Å²) in [4.78, 5) is 18.2. The first-order chi connectivity index (χ1) is 11.5. The Hall–Kier alpha value is -2.04. The number of likely N-dealkylation sites (tertiary alicyclic amines) is 1. The number of hydrogen-bond acceptors (Lipinski definition) is 2. The van der Waals surface area contributed by atoms with Gasteiger partial charge in [-0.2, -0.15) is 5.10 Å². The third-order valence-corrected chi connectivity index (χ3v) is 4.95. The van der Waals surface area contributed by atoms with Crippen molar-refractivity contribution >= 4 is 5.91 Å². The van der Waals surface area contributed by atoms with Crippen molar-refractivity contribution in [3.63, 3.8) is 0 Å². The first-order valence-electron chi connectivity index (χ1n) is 8.93. The molecular formula is C19H28N4O. The summed E-state index contributed by atoms with van der Waals surface area (Å²) in [6.45, 7) is 10.2. The molecular weight excluding hydrogens is 300 g/mol. The van der Waals surface area contributed by atoms with Crippen LogP contribution in [0.4, 0.5) is 0 Å². The lowest BCUT2D eigenvalue weighted by Gasteiger charge is -2.24. The Balaban J connectivity index is 1.76. The van der Waals surface area contributed by atoms with Crippen LogP contribution in [0.2, 0.25) is 0 Å². The zero-order valence-corrected chi connectivity index (χ0v) is 15.2. The lowest BCUT2D eigenvalue weighted by molar-refractivity contribution is -0.131. The molecule has 0 spiro atoms. The van der Waals surface area contributed by atoms with Gasteiger partial charge < -0.3 is 9.88 Å². The van der Waals surface area contributed by atoms with E-state index in [1.165, 1.54) is 0 Å². The Morgan fingerprint density at radius 3 is 2.88 bits per heavy atom. The highest BCUT2D eigenvalue weighted by atomic mass is 16.2. The molecule has 0 saturated carbocycles. The van der Waals surface area contributed by atoms with Gasteiger partial charge in [0.2, 0.25) is 5.91 Å². The lowest BCUT2D eigenvalue weighted by atomic mass is 10.1. The average Bonchev–Trinajstić information content (AvgIpc) is 3.23. The van der Waals surface area contributed by atoms with E-state index < -0.39 is 0 Å². The van der Waals surface area contributed by atoms with Gasteiger partial charge in [-0.05, 0) is 44.7 Å². The zero-order valence-electron chi connectivity index (χ0n) is 15.2. The molecule has 2 aromatic rings. The van der Waals surface area contributed by atoms with Crippen molar-refractivity contribution in [3.8, 4) is 0 Å². The lowest BCUT2D eigenvalue weighted by Crippen LogP contribution is -2.32. The van der Waals surface area contributed by atoms with Crippen LogP contribution in [0.1, 0.15) is 55.4 Å². The fourth-order valence-electron chi connectivity index (χ4n) is 3.71. The summed E-state index contributed by atoms with van der Waals surface area (Å²) in [5, 5.41) is 4.64. The second kappa shape index (κ2) is 6.83. The van der Waals surface area contributed by atoms with Crippen LogP contribution in [0.5, 0.6) is 0 Å². The monoisotopic (exact) mass is 328 g/mol. The van der Waals surface area contributed by atoms with Crippen LogP contribution in [0.25, 0.3) is 0 Å². The molecule has 0 radical (unpaired) electrons. The topological polar surface area (TPSA) is 53.9 Å². The first kappa shape index (κ1) is 16.8. The molecule has 3 rings (SSSR count). The van der Waals surface area contributed by atoms with Gasteiger partial charge in [-0.15, -0.1) is 0 Å². The van der Waals surface area contributed by atoms with Gasteiger partial charge in [0.15, 0.2) is 0 Å². The van der Waals surface area contributed by atoms with E-state index in [1.807, 2.05) is 24.1 Å². The van der Waals surface area contributed by atoms with Gasteiger partial charge in [-0.3, -0.25) is 9.48 Å². The Morgan fingerprint density at radius 2 is 2.21 bits per heavy atom. The van der Waals surface area contributed by atoms with Crippen molar-refractivity contribution < 1.29 is 4.79 Å². The van der Waals surface area contributed by atoms with Gasteiger partial charge in [-0.25, -0.2) is 0 Å². The number of amides is 1. The quantitative estimate of drug-likeness (QED) is 0.914. The van der Waals surface area contributed by atoms with E-state index in [0.29, 0.717) is 12.3 Å². The molecule has 0 aliphatic carbocycles. The van der Waals surface area contributed by atoms with Crippen LogP contribution < -0.4 is 0 Å². The van der Waals surface area contributed by atoms with Gasteiger partial charge in [0, 0.05) is 36.2 Å². The number of hydrogen-bond donors (Lipinski definition) is 1. The summed E-state index contributed by atoms with van der Waals surface area (Å²) < 4.78 is 2.05. The third kappa shape index (κ3) is 3.25.